The van der Waals surface area contributed by atoms with Gasteiger partial charge in [-0.1, -0.05) is 6.07 Å². The van der Waals surface area contributed by atoms with Crippen molar-refractivity contribution in [1.82, 2.24) is 4.90 Å². The lowest BCUT2D eigenvalue weighted by Crippen LogP contribution is -2.47. The molecular weight excluding hydrogens is 270 g/mol. The number of hydrogen-bond acceptors (Lipinski definition) is 3. The molecule has 2 aliphatic rings. The molecule has 0 radical (unpaired) electrons. The lowest BCUT2D eigenvalue weighted by Gasteiger charge is -2.41. The van der Waals surface area contributed by atoms with Crippen LogP contribution in [-0.4, -0.2) is 35.1 Å². The SMILES string of the molecule is CN1C2CCC1C(c1cccs1)C(C(=O)O)C2.Cl. The van der Waals surface area contributed by atoms with Crippen molar-refractivity contribution >= 4 is 29.7 Å². The van der Waals surface area contributed by atoms with Crippen molar-refractivity contribution in [2.75, 3.05) is 7.05 Å². The Morgan fingerprint density at radius 3 is 2.89 bits per heavy atom. The summed E-state index contributed by atoms with van der Waals surface area (Å²) in [5.41, 5.74) is 0. The summed E-state index contributed by atoms with van der Waals surface area (Å²) in [4.78, 5) is 15.1. The number of rotatable bonds is 2. The fourth-order valence-corrected chi connectivity index (χ4v) is 4.54. The molecule has 0 aromatic carbocycles. The van der Waals surface area contributed by atoms with E-state index < -0.39 is 5.97 Å². The quantitative estimate of drug-likeness (QED) is 0.909. The zero-order chi connectivity index (χ0) is 12.0. The number of hydrogen-bond donors (Lipinski definition) is 1. The number of aliphatic carboxylic acids is 1. The van der Waals surface area contributed by atoms with Gasteiger partial charge < -0.3 is 5.11 Å². The zero-order valence-electron chi connectivity index (χ0n) is 10.3. The Bertz CT molecular complexity index is 423. The molecule has 18 heavy (non-hydrogen) atoms. The Morgan fingerprint density at radius 1 is 1.50 bits per heavy atom. The summed E-state index contributed by atoms with van der Waals surface area (Å²) in [6.45, 7) is 0. The van der Waals surface area contributed by atoms with Crippen LogP contribution < -0.4 is 0 Å². The van der Waals surface area contributed by atoms with E-state index in [0.717, 1.165) is 19.3 Å². The highest BCUT2D eigenvalue weighted by molar-refractivity contribution is 7.10. The molecule has 2 bridgehead atoms. The van der Waals surface area contributed by atoms with Crippen LogP contribution in [0.2, 0.25) is 0 Å². The maximum Gasteiger partial charge on any atom is 0.307 e. The third-order valence-electron chi connectivity index (χ3n) is 4.46. The number of carboxylic acids is 1. The minimum Gasteiger partial charge on any atom is -0.481 e. The number of thiophene rings is 1. The molecule has 2 fully saturated rings. The minimum absolute atomic E-state index is 0. The number of likely N-dealkylation sites (N-methyl/N-ethyl adjacent to an activating group) is 1. The van der Waals surface area contributed by atoms with Crippen molar-refractivity contribution in [3.05, 3.63) is 22.4 Å². The summed E-state index contributed by atoms with van der Waals surface area (Å²) in [6.07, 6.45) is 3.12. The van der Waals surface area contributed by atoms with Gasteiger partial charge in [0.15, 0.2) is 0 Å². The lowest BCUT2D eigenvalue weighted by molar-refractivity contribution is -0.145. The summed E-state index contributed by atoms with van der Waals surface area (Å²) >= 11 is 1.70. The topological polar surface area (TPSA) is 40.5 Å². The highest BCUT2D eigenvalue weighted by Crippen LogP contribution is 2.47. The Kier molecular flexibility index (Phi) is 3.99. The van der Waals surface area contributed by atoms with Crippen molar-refractivity contribution in [3.63, 3.8) is 0 Å². The van der Waals surface area contributed by atoms with Crippen molar-refractivity contribution in [3.8, 4) is 0 Å². The van der Waals surface area contributed by atoms with Gasteiger partial charge in [-0.05, 0) is 37.8 Å². The van der Waals surface area contributed by atoms with Crippen LogP contribution in [0, 0.1) is 5.92 Å². The first kappa shape index (κ1) is 13.8. The van der Waals surface area contributed by atoms with E-state index in [1.54, 1.807) is 11.3 Å². The van der Waals surface area contributed by atoms with E-state index in [-0.39, 0.29) is 24.2 Å². The smallest absolute Gasteiger partial charge is 0.307 e. The van der Waals surface area contributed by atoms with Gasteiger partial charge in [-0.15, -0.1) is 23.7 Å². The fourth-order valence-electron chi connectivity index (χ4n) is 3.59. The molecule has 4 atom stereocenters. The van der Waals surface area contributed by atoms with Crippen LogP contribution in [0.4, 0.5) is 0 Å². The molecule has 1 aromatic rings. The molecule has 1 aromatic heterocycles. The molecule has 3 heterocycles. The van der Waals surface area contributed by atoms with E-state index in [4.69, 9.17) is 0 Å². The van der Waals surface area contributed by atoms with Gasteiger partial charge in [0, 0.05) is 22.9 Å². The minimum atomic E-state index is -0.617. The number of carbonyl (C=O) groups is 1. The highest BCUT2D eigenvalue weighted by Gasteiger charge is 2.48. The Balaban J connectivity index is 0.00000120. The molecule has 3 nitrogen and oxygen atoms in total. The average molecular weight is 288 g/mol. The Hall–Kier alpha value is -0.580. The molecule has 0 spiro atoms. The number of fused-ring (bicyclic) bond motifs is 2. The van der Waals surface area contributed by atoms with E-state index >= 15 is 0 Å². The second-order valence-corrected chi connectivity index (χ2v) is 6.16. The molecule has 0 aliphatic carbocycles. The third kappa shape index (κ3) is 2.06. The standard InChI is InChI=1S/C13H17NO2S.ClH/c1-14-8-4-5-10(14)12(9(7-8)13(15)16)11-3-2-6-17-11;/h2-3,6,8-10,12H,4-5,7H2,1H3,(H,15,16);1H. The summed E-state index contributed by atoms with van der Waals surface area (Å²) in [5.74, 6) is -0.619. The Labute approximate surface area is 117 Å². The van der Waals surface area contributed by atoms with E-state index in [0.29, 0.717) is 12.1 Å². The maximum absolute atomic E-state index is 11.5. The summed E-state index contributed by atoms with van der Waals surface area (Å²) in [7, 11) is 2.15. The van der Waals surface area contributed by atoms with Gasteiger partial charge in [-0.3, -0.25) is 9.69 Å². The van der Waals surface area contributed by atoms with Crippen LogP contribution in [0.3, 0.4) is 0 Å². The van der Waals surface area contributed by atoms with Crippen LogP contribution in [0.1, 0.15) is 30.1 Å². The van der Waals surface area contributed by atoms with Crippen molar-refractivity contribution in [1.29, 1.82) is 0 Å². The van der Waals surface area contributed by atoms with Crippen LogP contribution in [0.15, 0.2) is 17.5 Å². The molecule has 4 unspecified atom stereocenters. The summed E-state index contributed by atoms with van der Waals surface area (Å²) in [6, 6.07) is 5.03. The monoisotopic (exact) mass is 287 g/mol. The average Bonchev–Trinajstić information content (AvgIpc) is 2.87. The number of halogens is 1. The first-order valence-electron chi connectivity index (χ1n) is 6.16. The van der Waals surface area contributed by atoms with Crippen LogP contribution in [0.5, 0.6) is 0 Å². The molecule has 2 aliphatic heterocycles. The largest absolute Gasteiger partial charge is 0.481 e. The molecular formula is C13H18ClNO2S. The van der Waals surface area contributed by atoms with E-state index in [9.17, 15) is 9.90 Å². The fraction of sp³-hybridized carbons (Fsp3) is 0.615. The molecule has 3 rings (SSSR count). The second-order valence-electron chi connectivity index (χ2n) is 5.19. The van der Waals surface area contributed by atoms with Gasteiger partial charge in [0.2, 0.25) is 0 Å². The van der Waals surface area contributed by atoms with Gasteiger partial charge >= 0.3 is 5.97 Å². The van der Waals surface area contributed by atoms with E-state index in [2.05, 4.69) is 23.4 Å². The molecule has 0 amide bonds. The maximum atomic E-state index is 11.5. The normalized spacial score (nSPS) is 35.2. The number of piperidine rings is 1. The lowest BCUT2D eigenvalue weighted by atomic mass is 9.79. The predicted octanol–water partition coefficient (Wildman–Crippen LogP) is 2.82. The van der Waals surface area contributed by atoms with Gasteiger partial charge in [-0.2, -0.15) is 0 Å². The number of nitrogens with zero attached hydrogens (tertiary/aromatic N) is 1. The zero-order valence-corrected chi connectivity index (χ0v) is 11.9. The van der Waals surface area contributed by atoms with Gasteiger partial charge in [0.1, 0.15) is 0 Å². The third-order valence-corrected chi connectivity index (χ3v) is 5.43. The van der Waals surface area contributed by atoms with Gasteiger partial charge in [-0.25, -0.2) is 0 Å². The first-order chi connectivity index (χ1) is 8.18. The van der Waals surface area contributed by atoms with Gasteiger partial charge in [0.25, 0.3) is 0 Å². The summed E-state index contributed by atoms with van der Waals surface area (Å²) in [5, 5.41) is 11.5. The van der Waals surface area contributed by atoms with Crippen molar-refractivity contribution in [2.45, 2.75) is 37.3 Å². The van der Waals surface area contributed by atoms with Crippen molar-refractivity contribution < 1.29 is 9.90 Å². The van der Waals surface area contributed by atoms with Gasteiger partial charge in [0.05, 0.1) is 5.92 Å². The van der Waals surface area contributed by atoms with Crippen LogP contribution >= 0.6 is 23.7 Å². The molecule has 0 saturated carbocycles. The summed E-state index contributed by atoms with van der Waals surface area (Å²) < 4.78 is 0. The van der Waals surface area contributed by atoms with Crippen LogP contribution in [-0.2, 0) is 4.79 Å². The second kappa shape index (κ2) is 5.19. The van der Waals surface area contributed by atoms with Crippen molar-refractivity contribution in [2.24, 2.45) is 5.92 Å². The molecule has 1 N–H and O–H groups in total. The number of carboxylic acid groups (broad SMARTS) is 1. The Morgan fingerprint density at radius 2 is 2.28 bits per heavy atom. The molecule has 5 heteroatoms. The van der Waals surface area contributed by atoms with E-state index in [1.165, 1.54) is 4.88 Å². The first-order valence-corrected chi connectivity index (χ1v) is 7.04. The highest BCUT2D eigenvalue weighted by atomic mass is 35.5. The predicted molar refractivity (Wildman–Crippen MR) is 74.6 cm³/mol. The molecule has 2 saturated heterocycles. The van der Waals surface area contributed by atoms with Crippen LogP contribution in [0.25, 0.3) is 0 Å². The molecule has 100 valence electrons. The van der Waals surface area contributed by atoms with E-state index in [1.807, 2.05) is 6.07 Å².